The van der Waals surface area contributed by atoms with E-state index in [0.717, 1.165) is 16.4 Å². The van der Waals surface area contributed by atoms with Crippen LogP contribution in [0.1, 0.15) is 24.9 Å². The third kappa shape index (κ3) is 2.11. The van der Waals surface area contributed by atoms with E-state index in [4.69, 9.17) is 4.74 Å². The Kier molecular flexibility index (Phi) is 3.31. The largest absolute Gasteiger partial charge is 0.466 e. The van der Waals surface area contributed by atoms with E-state index in [1.54, 1.807) is 19.0 Å². The van der Waals surface area contributed by atoms with E-state index in [-0.39, 0.29) is 18.4 Å². The van der Waals surface area contributed by atoms with Gasteiger partial charge in [0.05, 0.1) is 24.8 Å². The van der Waals surface area contributed by atoms with E-state index < -0.39 is 0 Å². The smallest absolute Gasteiger partial charge is 0.307 e. The van der Waals surface area contributed by atoms with Crippen LogP contribution < -0.4 is 5.01 Å². The minimum Gasteiger partial charge on any atom is -0.466 e. The summed E-state index contributed by atoms with van der Waals surface area (Å²) in [5, 5.41) is 12.6. The van der Waals surface area contributed by atoms with Crippen LogP contribution in [0.3, 0.4) is 0 Å². The lowest BCUT2D eigenvalue weighted by atomic mass is 10.0. The number of esters is 1. The van der Waals surface area contributed by atoms with Gasteiger partial charge in [-0.3, -0.25) is 15.0 Å². The standard InChI is InChI=1S/C12H16N2O3/c1-3-17-12(15)8-11-9-6-4-5-7-10(9)13(2)14(11)16/h4-7,11,16H,3,8H2,1-2H3. The monoisotopic (exact) mass is 236 g/mol. The molecule has 92 valence electrons. The molecule has 1 aliphatic rings. The molecule has 17 heavy (non-hydrogen) atoms. The van der Waals surface area contributed by atoms with E-state index >= 15 is 0 Å². The number of nitrogens with zero attached hydrogens (tertiary/aromatic N) is 2. The Morgan fingerprint density at radius 1 is 1.47 bits per heavy atom. The zero-order valence-electron chi connectivity index (χ0n) is 9.96. The van der Waals surface area contributed by atoms with E-state index in [2.05, 4.69) is 0 Å². The molecule has 0 aliphatic carbocycles. The van der Waals surface area contributed by atoms with Crippen molar-refractivity contribution in [3.05, 3.63) is 29.8 Å². The van der Waals surface area contributed by atoms with Crippen molar-refractivity contribution in [3.63, 3.8) is 0 Å². The molecule has 0 spiro atoms. The van der Waals surface area contributed by atoms with Gasteiger partial charge in [-0.2, -0.15) is 0 Å². The summed E-state index contributed by atoms with van der Waals surface area (Å²) in [5.41, 5.74) is 1.84. The highest BCUT2D eigenvalue weighted by Gasteiger charge is 2.35. The molecule has 0 bridgehead atoms. The van der Waals surface area contributed by atoms with Gasteiger partial charge in [-0.15, -0.1) is 0 Å². The van der Waals surface area contributed by atoms with Crippen LogP contribution >= 0.6 is 0 Å². The van der Waals surface area contributed by atoms with Crippen LogP contribution in [-0.2, 0) is 9.53 Å². The molecule has 1 heterocycles. The lowest BCUT2D eigenvalue weighted by Gasteiger charge is -2.23. The molecule has 0 amide bonds. The normalized spacial score (nSPS) is 19.2. The number of carbonyl (C=O) groups is 1. The highest BCUT2D eigenvalue weighted by Crippen LogP contribution is 2.39. The number of hydrogen-bond donors (Lipinski definition) is 1. The Labute approximate surface area is 100 Å². The van der Waals surface area contributed by atoms with Crippen molar-refractivity contribution in [2.45, 2.75) is 19.4 Å². The quantitative estimate of drug-likeness (QED) is 0.810. The second-order valence-electron chi connectivity index (χ2n) is 3.93. The number of ether oxygens (including phenoxy) is 1. The summed E-state index contributed by atoms with van der Waals surface area (Å²) < 4.78 is 4.91. The first-order chi connectivity index (χ1) is 8.15. The zero-order chi connectivity index (χ0) is 12.4. The third-order valence-corrected chi connectivity index (χ3v) is 2.90. The second-order valence-corrected chi connectivity index (χ2v) is 3.93. The molecule has 5 nitrogen and oxygen atoms in total. The molecule has 1 atom stereocenters. The van der Waals surface area contributed by atoms with Crippen LogP contribution in [0.15, 0.2) is 24.3 Å². The first-order valence-corrected chi connectivity index (χ1v) is 5.61. The number of para-hydroxylation sites is 1. The molecule has 1 unspecified atom stereocenters. The summed E-state index contributed by atoms with van der Waals surface area (Å²) in [7, 11) is 1.75. The third-order valence-electron chi connectivity index (χ3n) is 2.90. The van der Waals surface area contributed by atoms with Crippen molar-refractivity contribution in [1.82, 2.24) is 5.17 Å². The molecule has 1 aromatic rings. The average molecular weight is 236 g/mol. The minimum atomic E-state index is -0.366. The van der Waals surface area contributed by atoms with Crippen molar-refractivity contribution in [3.8, 4) is 0 Å². The molecular weight excluding hydrogens is 220 g/mol. The number of rotatable bonds is 3. The van der Waals surface area contributed by atoms with Crippen LogP contribution in [0.4, 0.5) is 5.69 Å². The summed E-state index contributed by atoms with van der Waals surface area (Å²) in [6.07, 6.45) is 0.145. The first kappa shape index (κ1) is 11.9. The van der Waals surface area contributed by atoms with Crippen LogP contribution in [0.25, 0.3) is 0 Å². The van der Waals surface area contributed by atoms with Crippen molar-refractivity contribution in [1.29, 1.82) is 0 Å². The Balaban J connectivity index is 2.21. The van der Waals surface area contributed by atoms with Crippen LogP contribution in [0.5, 0.6) is 0 Å². The predicted octanol–water partition coefficient (Wildman–Crippen LogP) is 1.74. The predicted molar refractivity (Wildman–Crippen MR) is 62.5 cm³/mol. The Bertz CT molecular complexity index is 422. The maximum absolute atomic E-state index is 11.5. The zero-order valence-corrected chi connectivity index (χ0v) is 9.96. The summed E-state index contributed by atoms with van der Waals surface area (Å²) >= 11 is 0. The maximum Gasteiger partial charge on any atom is 0.307 e. The summed E-state index contributed by atoms with van der Waals surface area (Å²) in [6, 6.07) is 7.24. The van der Waals surface area contributed by atoms with Crippen LogP contribution in [0.2, 0.25) is 0 Å². The number of hydrogen-bond acceptors (Lipinski definition) is 5. The number of benzene rings is 1. The van der Waals surface area contributed by atoms with Crippen molar-refractivity contribution < 1.29 is 14.7 Å². The van der Waals surface area contributed by atoms with Crippen molar-refractivity contribution in [2.24, 2.45) is 0 Å². The molecule has 1 aromatic carbocycles. The second kappa shape index (κ2) is 4.73. The number of anilines is 1. The van der Waals surface area contributed by atoms with Gasteiger partial charge < -0.3 is 4.74 Å². The van der Waals surface area contributed by atoms with Crippen molar-refractivity contribution in [2.75, 3.05) is 18.7 Å². The van der Waals surface area contributed by atoms with E-state index in [1.807, 2.05) is 24.3 Å². The Morgan fingerprint density at radius 2 is 2.18 bits per heavy atom. The fourth-order valence-corrected chi connectivity index (χ4v) is 2.08. The van der Waals surface area contributed by atoms with Gasteiger partial charge in [0.2, 0.25) is 0 Å². The summed E-state index contributed by atoms with van der Waals surface area (Å²) in [4.78, 5) is 11.5. The van der Waals surface area contributed by atoms with E-state index in [9.17, 15) is 10.0 Å². The summed E-state index contributed by atoms with van der Waals surface area (Å²) in [5.74, 6) is -0.304. The molecule has 5 heteroatoms. The van der Waals surface area contributed by atoms with Gasteiger partial charge in [-0.25, -0.2) is 0 Å². The Morgan fingerprint density at radius 3 is 2.88 bits per heavy atom. The first-order valence-electron chi connectivity index (χ1n) is 5.61. The van der Waals surface area contributed by atoms with E-state index in [1.165, 1.54) is 0 Å². The lowest BCUT2D eigenvalue weighted by molar-refractivity contribution is -0.156. The molecule has 0 radical (unpaired) electrons. The van der Waals surface area contributed by atoms with Crippen LogP contribution in [-0.4, -0.2) is 30.0 Å². The molecule has 0 aromatic heterocycles. The van der Waals surface area contributed by atoms with Crippen LogP contribution in [0, 0.1) is 0 Å². The SMILES string of the molecule is CCOC(=O)CC1c2ccccc2N(C)N1O. The van der Waals surface area contributed by atoms with Gasteiger partial charge in [-0.05, 0) is 18.6 Å². The molecule has 1 aliphatic heterocycles. The summed E-state index contributed by atoms with van der Waals surface area (Å²) in [6.45, 7) is 2.12. The molecular formula is C12H16N2O3. The molecule has 0 saturated heterocycles. The van der Waals surface area contributed by atoms with E-state index in [0.29, 0.717) is 6.61 Å². The van der Waals surface area contributed by atoms with Gasteiger partial charge in [-0.1, -0.05) is 23.4 Å². The molecule has 0 fully saturated rings. The molecule has 1 N–H and O–H groups in total. The Hall–Kier alpha value is -1.59. The highest BCUT2D eigenvalue weighted by atomic mass is 16.6. The topological polar surface area (TPSA) is 53.0 Å². The number of hydroxylamine groups is 1. The highest BCUT2D eigenvalue weighted by molar-refractivity contribution is 5.72. The van der Waals surface area contributed by atoms with Gasteiger partial charge in [0.15, 0.2) is 0 Å². The lowest BCUT2D eigenvalue weighted by Crippen LogP contribution is -2.34. The maximum atomic E-state index is 11.5. The van der Waals surface area contributed by atoms with Gasteiger partial charge in [0.1, 0.15) is 0 Å². The fourth-order valence-electron chi connectivity index (χ4n) is 2.08. The molecule has 2 rings (SSSR count). The minimum absolute atomic E-state index is 0.145. The number of fused-ring (bicyclic) bond motifs is 1. The van der Waals surface area contributed by atoms with Gasteiger partial charge >= 0.3 is 5.97 Å². The number of carbonyl (C=O) groups excluding carboxylic acids is 1. The average Bonchev–Trinajstić information content (AvgIpc) is 2.56. The van der Waals surface area contributed by atoms with Gasteiger partial charge in [0.25, 0.3) is 0 Å². The van der Waals surface area contributed by atoms with Gasteiger partial charge in [0, 0.05) is 7.05 Å². The molecule has 0 saturated carbocycles. The number of hydrazine groups is 1. The fraction of sp³-hybridized carbons (Fsp3) is 0.417. The van der Waals surface area contributed by atoms with Crippen molar-refractivity contribution >= 4 is 11.7 Å².